The quantitative estimate of drug-likeness (QED) is 0.594. The maximum Gasteiger partial charge on any atom is 0.411 e. The van der Waals surface area contributed by atoms with Crippen molar-refractivity contribution in [3.8, 4) is 0 Å². The minimum Gasteiger partial charge on any atom is -0.372 e. The zero-order valence-electron chi connectivity index (χ0n) is 8.16. The smallest absolute Gasteiger partial charge is 0.372 e. The van der Waals surface area contributed by atoms with Crippen molar-refractivity contribution in [1.29, 1.82) is 0 Å². The van der Waals surface area contributed by atoms with E-state index in [1.807, 2.05) is 0 Å². The number of unbranched alkanes of at least 4 members (excludes halogenated alkanes) is 1. The first-order valence-electron chi connectivity index (χ1n) is 4.56. The molecule has 0 N–H and O–H groups in total. The van der Waals surface area contributed by atoms with Crippen molar-refractivity contribution in [1.82, 2.24) is 0 Å². The van der Waals surface area contributed by atoms with Crippen LogP contribution in [0, 0.1) is 5.92 Å². The van der Waals surface area contributed by atoms with Gasteiger partial charge in [-0.25, -0.2) is 0 Å². The van der Waals surface area contributed by atoms with Gasteiger partial charge >= 0.3 is 6.18 Å². The van der Waals surface area contributed by atoms with Gasteiger partial charge in [0, 0.05) is 6.61 Å². The lowest BCUT2D eigenvalue weighted by molar-refractivity contribution is -0.174. The van der Waals surface area contributed by atoms with E-state index in [-0.39, 0.29) is 6.61 Å². The average Bonchev–Trinajstić information content (AvgIpc) is 1.93. The van der Waals surface area contributed by atoms with Gasteiger partial charge in [0.2, 0.25) is 0 Å². The van der Waals surface area contributed by atoms with Crippen LogP contribution in [0.15, 0.2) is 0 Å². The van der Waals surface area contributed by atoms with E-state index in [2.05, 4.69) is 18.6 Å². The molecule has 0 aromatic rings. The zero-order valence-corrected chi connectivity index (χ0v) is 8.16. The van der Waals surface area contributed by atoms with Gasteiger partial charge in [-0.3, -0.25) is 0 Å². The van der Waals surface area contributed by atoms with Gasteiger partial charge in [-0.05, 0) is 12.3 Å². The van der Waals surface area contributed by atoms with Crippen molar-refractivity contribution in [2.45, 2.75) is 39.3 Å². The highest BCUT2D eigenvalue weighted by Crippen LogP contribution is 2.14. The molecule has 0 spiro atoms. The van der Waals surface area contributed by atoms with E-state index in [0.29, 0.717) is 12.3 Å². The van der Waals surface area contributed by atoms with Crippen LogP contribution in [0.4, 0.5) is 13.2 Å². The van der Waals surface area contributed by atoms with Crippen LogP contribution in [0.3, 0.4) is 0 Å². The Morgan fingerprint density at radius 2 is 1.77 bits per heavy atom. The van der Waals surface area contributed by atoms with Crippen molar-refractivity contribution in [2.24, 2.45) is 5.92 Å². The molecule has 0 rings (SSSR count). The first-order chi connectivity index (χ1) is 5.92. The molecular formula is C9H17F3O. The molecule has 0 saturated heterocycles. The van der Waals surface area contributed by atoms with Crippen LogP contribution in [0.2, 0.25) is 0 Å². The average molecular weight is 198 g/mol. The molecule has 0 radical (unpaired) electrons. The molecule has 0 heterocycles. The molecule has 0 aromatic heterocycles. The van der Waals surface area contributed by atoms with E-state index in [1.165, 1.54) is 0 Å². The molecule has 0 aliphatic heterocycles. The second-order valence-corrected chi connectivity index (χ2v) is 3.56. The standard InChI is InChI=1S/C9H17F3O/c1-8(2)5-3-4-6-13-7-9(10,11)12/h8H,3-7H2,1-2H3. The molecule has 0 aliphatic carbocycles. The lowest BCUT2D eigenvalue weighted by Crippen LogP contribution is -2.17. The second-order valence-electron chi connectivity index (χ2n) is 3.56. The first kappa shape index (κ1) is 12.8. The molecule has 0 fully saturated rings. The van der Waals surface area contributed by atoms with Gasteiger partial charge in [0.25, 0.3) is 0 Å². The van der Waals surface area contributed by atoms with Gasteiger partial charge in [0.05, 0.1) is 0 Å². The van der Waals surface area contributed by atoms with Crippen molar-refractivity contribution < 1.29 is 17.9 Å². The fourth-order valence-electron chi connectivity index (χ4n) is 0.945. The molecule has 0 bridgehead atoms. The monoisotopic (exact) mass is 198 g/mol. The molecule has 80 valence electrons. The number of rotatable bonds is 6. The van der Waals surface area contributed by atoms with Gasteiger partial charge in [0.15, 0.2) is 0 Å². The predicted octanol–water partition coefficient (Wildman–Crippen LogP) is 3.39. The topological polar surface area (TPSA) is 9.23 Å². The Labute approximate surface area is 77.3 Å². The molecule has 13 heavy (non-hydrogen) atoms. The molecule has 0 atom stereocenters. The Morgan fingerprint density at radius 3 is 2.23 bits per heavy atom. The Bertz CT molecular complexity index is 121. The van der Waals surface area contributed by atoms with Crippen LogP contribution in [0.1, 0.15) is 33.1 Å². The van der Waals surface area contributed by atoms with Gasteiger partial charge in [-0.15, -0.1) is 0 Å². The third-order valence-electron chi connectivity index (χ3n) is 1.59. The van der Waals surface area contributed by atoms with Crippen molar-refractivity contribution in [3.05, 3.63) is 0 Å². The van der Waals surface area contributed by atoms with E-state index in [9.17, 15) is 13.2 Å². The van der Waals surface area contributed by atoms with E-state index < -0.39 is 12.8 Å². The first-order valence-corrected chi connectivity index (χ1v) is 4.56. The summed E-state index contributed by atoms with van der Waals surface area (Å²) in [6.45, 7) is 3.29. The number of ether oxygens (including phenoxy) is 1. The molecule has 0 aromatic carbocycles. The summed E-state index contributed by atoms with van der Waals surface area (Å²) in [5.74, 6) is 0.614. The molecule has 0 unspecified atom stereocenters. The van der Waals surface area contributed by atoms with E-state index >= 15 is 0 Å². The summed E-state index contributed by atoms with van der Waals surface area (Å²) in [4.78, 5) is 0. The second kappa shape index (κ2) is 6.24. The summed E-state index contributed by atoms with van der Waals surface area (Å²) in [6.07, 6.45) is -1.47. The van der Waals surface area contributed by atoms with Crippen LogP contribution in [0.5, 0.6) is 0 Å². The molecule has 0 saturated carbocycles. The maximum absolute atomic E-state index is 11.6. The molecule has 0 amide bonds. The van der Waals surface area contributed by atoms with Gasteiger partial charge < -0.3 is 4.74 Å². The van der Waals surface area contributed by atoms with Crippen LogP contribution >= 0.6 is 0 Å². The zero-order chi connectivity index (χ0) is 10.3. The van der Waals surface area contributed by atoms with Crippen molar-refractivity contribution >= 4 is 0 Å². The van der Waals surface area contributed by atoms with Crippen LogP contribution in [-0.2, 0) is 4.74 Å². The summed E-state index contributed by atoms with van der Waals surface area (Å²) in [5.41, 5.74) is 0. The molecule has 1 nitrogen and oxygen atoms in total. The lowest BCUT2D eigenvalue weighted by atomic mass is 10.1. The van der Waals surface area contributed by atoms with Crippen LogP contribution in [-0.4, -0.2) is 19.4 Å². The van der Waals surface area contributed by atoms with E-state index in [0.717, 1.165) is 12.8 Å². The highest BCUT2D eigenvalue weighted by Gasteiger charge is 2.27. The fourth-order valence-corrected chi connectivity index (χ4v) is 0.945. The highest BCUT2D eigenvalue weighted by molar-refractivity contribution is 4.48. The maximum atomic E-state index is 11.6. The Morgan fingerprint density at radius 1 is 1.15 bits per heavy atom. The van der Waals surface area contributed by atoms with Crippen LogP contribution < -0.4 is 0 Å². The van der Waals surface area contributed by atoms with Gasteiger partial charge in [-0.1, -0.05) is 26.7 Å². The summed E-state index contributed by atoms with van der Waals surface area (Å²) in [7, 11) is 0. The lowest BCUT2D eigenvalue weighted by Gasteiger charge is -2.07. The SMILES string of the molecule is CC(C)CCCCOCC(F)(F)F. The third-order valence-corrected chi connectivity index (χ3v) is 1.59. The Hall–Kier alpha value is -0.250. The molecular weight excluding hydrogens is 181 g/mol. The normalized spacial score (nSPS) is 12.5. The third kappa shape index (κ3) is 11.8. The van der Waals surface area contributed by atoms with Gasteiger partial charge in [0.1, 0.15) is 6.61 Å². The summed E-state index contributed by atoms with van der Waals surface area (Å²) in [5, 5.41) is 0. The minimum atomic E-state index is -4.18. The minimum absolute atomic E-state index is 0.215. The largest absolute Gasteiger partial charge is 0.411 e. The predicted molar refractivity (Wildman–Crippen MR) is 45.6 cm³/mol. The fraction of sp³-hybridized carbons (Fsp3) is 1.00. The van der Waals surface area contributed by atoms with Crippen molar-refractivity contribution in [2.75, 3.05) is 13.2 Å². The number of alkyl halides is 3. The summed E-state index contributed by atoms with van der Waals surface area (Å²) >= 11 is 0. The van der Waals surface area contributed by atoms with E-state index in [4.69, 9.17) is 0 Å². The van der Waals surface area contributed by atoms with Gasteiger partial charge in [-0.2, -0.15) is 13.2 Å². The highest BCUT2D eigenvalue weighted by atomic mass is 19.4. The van der Waals surface area contributed by atoms with Crippen LogP contribution in [0.25, 0.3) is 0 Å². The Balaban J connectivity index is 3.09. The summed E-state index contributed by atoms with van der Waals surface area (Å²) in [6, 6.07) is 0. The number of halogens is 3. The number of hydrogen-bond donors (Lipinski definition) is 0. The van der Waals surface area contributed by atoms with E-state index in [1.54, 1.807) is 0 Å². The summed E-state index contributed by atoms with van der Waals surface area (Å²) < 4.78 is 39.2. The van der Waals surface area contributed by atoms with Crippen molar-refractivity contribution in [3.63, 3.8) is 0 Å². The molecule has 4 heteroatoms. The number of hydrogen-bond acceptors (Lipinski definition) is 1. The Kier molecular flexibility index (Phi) is 6.12. The molecule has 0 aliphatic rings.